The van der Waals surface area contributed by atoms with Crippen molar-refractivity contribution in [3.8, 4) is 0 Å². The molecule has 166 valence electrons. The Balaban J connectivity index is 1.61. The maximum absolute atomic E-state index is 12.1. The smallest absolute Gasteiger partial charge is 0.251 e. The first kappa shape index (κ1) is 24.1. The first-order chi connectivity index (χ1) is 14.8. The summed E-state index contributed by atoms with van der Waals surface area (Å²) < 4.78 is 0. The van der Waals surface area contributed by atoms with E-state index < -0.39 is 11.9 Å². The van der Waals surface area contributed by atoms with Crippen LogP contribution in [0.3, 0.4) is 0 Å². The van der Waals surface area contributed by atoms with Crippen LogP contribution in [0.2, 0.25) is 0 Å². The molecule has 31 heavy (non-hydrogen) atoms. The van der Waals surface area contributed by atoms with Gasteiger partial charge in [-0.05, 0) is 48.9 Å². The van der Waals surface area contributed by atoms with Gasteiger partial charge in [0.2, 0.25) is 5.91 Å². The molecule has 0 bridgehead atoms. The van der Waals surface area contributed by atoms with Crippen molar-refractivity contribution < 1.29 is 19.5 Å². The number of amides is 2. The van der Waals surface area contributed by atoms with Crippen molar-refractivity contribution in [3.63, 3.8) is 0 Å². The maximum Gasteiger partial charge on any atom is 0.251 e. The number of hydrogen-bond donors (Lipinski definition) is 4. The number of ketones is 1. The topological polar surface area (TPSA) is 122 Å². The van der Waals surface area contributed by atoms with Crippen LogP contribution < -0.4 is 16.4 Å². The molecular formula is C24H31N3O4. The molecular weight excluding hydrogens is 394 g/mol. The lowest BCUT2D eigenvalue weighted by Gasteiger charge is -2.13. The number of carbonyl (C=O) groups excluding carboxylic acids is 3. The average molecular weight is 426 g/mol. The molecule has 2 rings (SSSR count). The SMILES string of the molecule is CC(CCC(=O)NCC(=O)C(O)CCc1ccccc1)CNC(=O)c1cccc(N)c1. The van der Waals surface area contributed by atoms with Crippen LogP contribution >= 0.6 is 0 Å². The van der Waals surface area contributed by atoms with Gasteiger partial charge in [0.05, 0.1) is 6.54 Å². The van der Waals surface area contributed by atoms with Gasteiger partial charge in [-0.25, -0.2) is 0 Å². The minimum Gasteiger partial charge on any atom is -0.399 e. The summed E-state index contributed by atoms with van der Waals surface area (Å²) in [6.07, 6.45) is 0.626. The van der Waals surface area contributed by atoms with Crippen molar-refractivity contribution in [3.05, 3.63) is 65.7 Å². The van der Waals surface area contributed by atoms with Crippen LogP contribution in [-0.4, -0.2) is 41.9 Å². The second kappa shape index (κ2) is 12.5. The summed E-state index contributed by atoms with van der Waals surface area (Å²) in [5.74, 6) is -0.772. The highest BCUT2D eigenvalue weighted by atomic mass is 16.3. The van der Waals surface area contributed by atoms with Crippen molar-refractivity contribution in [1.29, 1.82) is 0 Å². The van der Waals surface area contributed by atoms with Gasteiger partial charge >= 0.3 is 0 Å². The second-order valence-electron chi connectivity index (χ2n) is 7.76. The number of carbonyl (C=O) groups is 3. The molecule has 0 aliphatic carbocycles. The number of rotatable bonds is 12. The van der Waals surface area contributed by atoms with Gasteiger partial charge < -0.3 is 21.5 Å². The molecule has 2 aromatic carbocycles. The number of hydrogen-bond acceptors (Lipinski definition) is 5. The van der Waals surface area contributed by atoms with Gasteiger partial charge in [-0.3, -0.25) is 14.4 Å². The largest absolute Gasteiger partial charge is 0.399 e. The molecule has 7 nitrogen and oxygen atoms in total. The zero-order valence-corrected chi connectivity index (χ0v) is 17.8. The van der Waals surface area contributed by atoms with E-state index >= 15 is 0 Å². The molecule has 7 heteroatoms. The van der Waals surface area contributed by atoms with E-state index in [0.717, 1.165) is 5.56 Å². The lowest BCUT2D eigenvalue weighted by atomic mass is 10.0. The maximum atomic E-state index is 12.1. The number of Topliss-reactive ketones (excluding diaryl/α,β-unsaturated/α-hetero) is 1. The van der Waals surface area contributed by atoms with Gasteiger partial charge in [0.15, 0.2) is 5.78 Å². The summed E-state index contributed by atoms with van der Waals surface area (Å²) in [4.78, 5) is 36.1. The van der Waals surface area contributed by atoms with E-state index in [-0.39, 0.29) is 30.7 Å². The Hall–Kier alpha value is -3.19. The number of aryl methyl sites for hydroxylation is 1. The number of aliphatic hydroxyl groups excluding tert-OH is 1. The molecule has 0 heterocycles. The molecule has 0 aromatic heterocycles. The molecule has 0 aliphatic heterocycles. The Labute approximate surface area is 183 Å². The number of anilines is 1. The Morgan fingerprint density at radius 1 is 1.00 bits per heavy atom. The van der Waals surface area contributed by atoms with E-state index in [1.54, 1.807) is 24.3 Å². The number of aliphatic hydroxyl groups is 1. The van der Waals surface area contributed by atoms with Crippen LogP contribution in [0.25, 0.3) is 0 Å². The van der Waals surface area contributed by atoms with Crippen molar-refractivity contribution in [2.45, 2.75) is 38.7 Å². The first-order valence-corrected chi connectivity index (χ1v) is 10.5. The Morgan fingerprint density at radius 3 is 2.45 bits per heavy atom. The van der Waals surface area contributed by atoms with E-state index in [4.69, 9.17) is 5.73 Å². The fraction of sp³-hybridized carbons (Fsp3) is 0.375. The quantitative estimate of drug-likeness (QED) is 0.388. The number of nitrogens with one attached hydrogen (secondary N) is 2. The number of nitrogens with two attached hydrogens (primary N) is 1. The normalized spacial score (nSPS) is 12.6. The molecule has 0 spiro atoms. The first-order valence-electron chi connectivity index (χ1n) is 10.5. The third-order valence-electron chi connectivity index (χ3n) is 5.00. The van der Waals surface area contributed by atoms with Crippen molar-refractivity contribution in [2.75, 3.05) is 18.8 Å². The van der Waals surface area contributed by atoms with E-state index in [9.17, 15) is 19.5 Å². The predicted octanol–water partition coefficient (Wildman–Crippen LogP) is 2.09. The van der Waals surface area contributed by atoms with E-state index in [1.807, 2.05) is 37.3 Å². The summed E-state index contributed by atoms with van der Waals surface area (Å²) in [7, 11) is 0. The van der Waals surface area contributed by atoms with E-state index in [0.29, 0.717) is 37.1 Å². The monoisotopic (exact) mass is 425 g/mol. The Morgan fingerprint density at radius 2 is 1.74 bits per heavy atom. The third kappa shape index (κ3) is 9.00. The molecule has 0 aliphatic rings. The van der Waals surface area contributed by atoms with Gasteiger partial charge in [-0.15, -0.1) is 0 Å². The zero-order chi connectivity index (χ0) is 22.6. The molecule has 2 amide bonds. The highest BCUT2D eigenvalue weighted by molar-refractivity contribution is 5.95. The van der Waals surface area contributed by atoms with Gasteiger partial charge in [-0.1, -0.05) is 43.3 Å². The Bertz CT molecular complexity index is 870. The van der Waals surface area contributed by atoms with E-state index in [1.165, 1.54) is 0 Å². The summed E-state index contributed by atoms with van der Waals surface area (Å²) in [6, 6.07) is 16.4. The van der Waals surface area contributed by atoms with Gasteiger partial charge in [0, 0.05) is 24.2 Å². The van der Waals surface area contributed by atoms with Crippen molar-refractivity contribution in [1.82, 2.24) is 10.6 Å². The minimum absolute atomic E-state index is 0.0860. The minimum atomic E-state index is -1.10. The lowest BCUT2D eigenvalue weighted by Crippen LogP contribution is -2.36. The van der Waals surface area contributed by atoms with Crippen molar-refractivity contribution >= 4 is 23.3 Å². The van der Waals surface area contributed by atoms with Gasteiger partial charge in [0.25, 0.3) is 5.91 Å². The standard InChI is InChI=1S/C24H31N3O4/c1-17(15-27-24(31)19-8-5-9-20(25)14-19)10-13-23(30)26-16-22(29)21(28)12-11-18-6-3-2-4-7-18/h2-9,14,17,21,28H,10-13,15-16,25H2,1H3,(H,26,30)(H,27,31). The lowest BCUT2D eigenvalue weighted by molar-refractivity contribution is -0.129. The average Bonchev–Trinajstić information content (AvgIpc) is 2.78. The summed E-state index contributed by atoms with van der Waals surface area (Å²) >= 11 is 0. The summed E-state index contributed by atoms with van der Waals surface area (Å²) in [6.45, 7) is 2.18. The van der Waals surface area contributed by atoms with Crippen LogP contribution in [0.5, 0.6) is 0 Å². The predicted molar refractivity (Wildman–Crippen MR) is 120 cm³/mol. The summed E-state index contributed by atoms with van der Waals surface area (Å²) in [5, 5.41) is 15.4. The van der Waals surface area contributed by atoms with E-state index in [2.05, 4.69) is 10.6 Å². The van der Waals surface area contributed by atoms with Crippen LogP contribution in [-0.2, 0) is 16.0 Å². The van der Waals surface area contributed by atoms with Crippen molar-refractivity contribution in [2.24, 2.45) is 5.92 Å². The molecule has 2 unspecified atom stereocenters. The zero-order valence-electron chi connectivity index (χ0n) is 17.8. The second-order valence-corrected chi connectivity index (χ2v) is 7.76. The van der Waals surface area contributed by atoms with Gasteiger partial charge in [-0.2, -0.15) is 0 Å². The molecule has 0 saturated heterocycles. The molecule has 2 atom stereocenters. The number of benzene rings is 2. The molecule has 5 N–H and O–H groups in total. The highest BCUT2D eigenvalue weighted by Crippen LogP contribution is 2.09. The fourth-order valence-electron chi connectivity index (χ4n) is 3.03. The molecule has 0 saturated carbocycles. The van der Waals surface area contributed by atoms with Crippen LogP contribution in [0.1, 0.15) is 42.1 Å². The number of nitrogen functional groups attached to an aromatic ring is 1. The molecule has 0 radical (unpaired) electrons. The van der Waals surface area contributed by atoms with Crippen LogP contribution in [0, 0.1) is 5.92 Å². The third-order valence-corrected chi connectivity index (χ3v) is 5.00. The highest BCUT2D eigenvalue weighted by Gasteiger charge is 2.16. The van der Waals surface area contributed by atoms with Crippen LogP contribution in [0.15, 0.2) is 54.6 Å². The molecule has 0 fully saturated rings. The van der Waals surface area contributed by atoms with Crippen LogP contribution in [0.4, 0.5) is 5.69 Å². The van der Waals surface area contributed by atoms with Gasteiger partial charge in [0.1, 0.15) is 6.10 Å². The fourth-order valence-corrected chi connectivity index (χ4v) is 3.03. The molecule has 2 aromatic rings. The Kier molecular flexibility index (Phi) is 9.71. The summed E-state index contributed by atoms with van der Waals surface area (Å²) in [5.41, 5.74) is 7.75.